The number of anilines is 1. The Hall–Kier alpha value is -1.87. The highest BCUT2D eigenvalue weighted by atomic mass is 16.3. The molecule has 1 aliphatic heterocycles. The number of aromatic nitrogens is 1. The summed E-state index contributed by atoms with van der Waals surface area (Å²) < 4.78 is 0. The molecule has 0 bridgehead atoms. The number of nitrogens with zero attached hydrogens (tertiary/aromatic N) is 2. The number of hydrogen-bond donors (Lipinski definition) is 1. The van der Waals surface area contributed by atoms with Crippen molar-refractivity contribution in [2.24, 2.45) is 5.92 Å². The Labute approximate surface area is 126 Å². The predicted octanol–water partition coefficient (Wildman–Crippen LogP) is 3.03. The van der Waals surface area contributed by atoms with E-state index in [-0.39, 0.29) is 6.61 Å². The van der Waals surface area contributed by atoms with Gasteiger partial charge in [0.1, 0.15) is 0 Å². The van der Waals surface area contributed by atoms with Gasteiger partial charge in [-0.1, -0.05) is 30.3 Å². The van der Waals surface area contributed by atoms with Crippen molar-refractivity contribution in [3.8, 4) is 0 Å². The number of rotatable bonds is 4. The van der Waals surface area contributed by atoms with Crippen LogP contribution in [0.25, 0.3) is 0 Å². The van der Waals surface area contributed by atoms with E-state index < -0.39 is 0 Å². The molecule has 3 rings (SSSR count). The lowest BCUT2D eigenvalue weighted by molar-refractivity contribution is 0.281. The average molecular weight is 282 g/mol. The number of aliphatic hydroxyl groups is 1. The van der Waals surface area contributed by atoms with E-state index in [0.29, 0.717) is 0 Å². The molecule has 0 spiro atoms. The first kappa shape index (κ1) is 14.1. The third-order valence-corrected chi connectivity index (χ3v) is 4.38. The first-order valence-corrected chi connectivity index (χ1v) is 7.69. The molecule has 2 aromatic rings. The van der Waals surface area contributed by atoms with Crippen molar-refractivity contribution in [1.29, 1.82) is 0 Å². The van der Waals surface area contributed by atoms with Crippen LogP contribution < -0.4 is 4.90 Å². The Morgan fingerprint density at radius 2 is 1.86 bits per heavy atom. The number of benzene rings is 1. The highest BCUT2D eigenvalue weighted by Crippen LogP contribution is 2.27. The van der Waals surface area contributed by atoms with Crippen molar-refractivity contribution in [1.82, 2.24) is 4.98 Å². The van der Waals surface area contributed by atoms with Gasteiger partial charge in [-0.05, 0) is 36.8 Å². The second-order valence-electron chi connectivity index (χ2n) is 5.78. The van der Waals surface area contributed by atoms with E-state index in [0.717, 1.165) is 30.3 Å². The molecule has 2 heterocycles. The van der Waals surface area contributed by atoms with Crippen molar-refractivity contribution >= 4 is 5.69 Å². The van der Waals surface area contributed by atoms with E-state index in [4.69, 9.17) is 0 Å². The van der Waals surface area contributed by atoms with Crippen LogP contribution in [-0.2, 0) is 13.0 Å². The quantitative estimate of drug-likeness (QED) is 0.936. The van der Waals surface area contributed by atoms with Crippen LogP contribution in [0.15, 0.2) is 48.8 Å². The molecular weight excluding hydrogens is 260 g/mol. The second-order valence-corrected chi connectivity index (χ2v) is 5.78. The summed E-state index contributed by atoms with van der Waals surface area (Å²) in [4.78, 5) is 6.56. The SMILES string of the molecule is OCc1ccncc1N1CCC(Cc2ccccc2)CC1. The zero-order valence-electron chi connectivity index (χ0n) is 12.3. The van der Waals surface area contributed by atoms with Crippen molar-refractivity contribution < 1.29 is 5.11 Å². The van der Waals surface area contributed by atoms with Gasteiger partial charge >= 0.3 is 0 Å². The normalized spacial score (nSPS) is 16.1. The lowest BCUT2D eigenvalue weighted by Crippen LogP contribution is -2.35. The Balaban J connectivity index is 1.60. The van der Waals surface area contributed by atoms with Gasteiger partial charge in [0.15, 0.2) is 0 Å². The minimum Gasteiger partial charge on any atom is -0.392 e. The highest BCUT2D eigenvalue weighted by Gasteiger charge is 2.21. The largest absolute Gasteiger partial charge is 0.392 e. The smallest absolute Gasteiger partial charge is 0.0703 e. The molecule has 3 nitrogen and oxygen atoms in total. The topological polar surface area (TPSA) is 36.4 Å². The summed E-state index contributed by atoms with van der Waals surface area (Å²) in [6.07, 6.45) is 7.21. The maximum absolute atomic E-state index is 9.44. The Kier molecular flexibility index (Phi) is 4.51. The third-order valence-electron chi connectivity index (χ3n) is 4.38. The molecule has 1 aromatic heterocycles. The minimum absolute atomic E-state index is 0.0851. The van der Waals surface area contributed by atoms with Gasteiger partial charge in [-0.25, -0.2) is 0 Å². The van der Waals surface area contributed by atoms with Gasteiger partial charge in [-0.2, -0.15) is 0 Å². The molecule has 1 aliphatic rings. The van der Waals surface area contributed by atoms with Crippen LogP contribution in [0.2, 0.25) is 0 Å². The monoisotopic (exact) mass is 282 g/mol. The summed E-state index contributed by atoms with van der Waals surface area (Å²) in [6.45, 7) is 2.19. The molecule has 1 fully saturated rings. The van der Waals surface area contributed by atoms with Crippen LogP contribution in [0.5, 0.6) is 0 Å². The maximum Gasteiger partial charge on any atom is 0.0703 e. The van der Waals surface area contributed by atoms with E-state index >= 15 is 0 Å². The molecule has 0 amide bonds. The summed E-state index contributed by atoms with van der Waals surface area (Å²) in [5.74, 6) is 0.762. The molecule has 1 aromatic carbocycles. The molecule has 0 radical (unpaired) electrons. The molecule has 1 N–H and O–H groups in total. The van der Waals surface area contributed by atoms with Crippen LogP contribution in [0.3, 0.4) is 0 Å². The van der Waals surface area contributed by atoms with Crippen LogP contribution in [0.4, 0.5) is 5.69 Å². The van der Waals surface area contributed by atoms with Crippen LogP contribution in [0.1, 0.15) is 24.0 Å². The molecule has 0 saturated carbocycles. The van der Waals surface area contributed by atoms with Gasteiger partial charge in [-0.3, -0.25) is 4.98 Å². The molecule has 3 heteroatoms. The van der Waals surface area contributed by atoms with E-state index in [9.17, 15) is 5.11 Å². The summed E-state index contributed by atoms with van der Waals surface area (Å²) in [7, 11) is 0. The average Bonchev–Trinajstić information content (AvgIpc) is 2.56. The van der Waals surface area contributed by atoms with Crippen LogP contribution in [-0.4, -0.2) is 23.2 Å². The zero-order valence-corrected chi connectivity index (χ0v) is 12.3. The molecule has 0 unspecified atom stereocenters. The summed E-state index contributed by atoms with van der Waals surface area (Å²) >= 11 is 0. The van der Waals surface area contributed by atoms with E-state index in [1.54, 1.807) is 6.20 Å². The van der Waals surface area contributed by atoms with Crippen molar-refractivity contribution in [3.63, 3.8) is 0 Å². The molecule has 1 saturated heterocycles. The van der Waals surface area contributed by atoms with Crippen LogP contribution in [0, 0.1) is 5.92 Å². The second kappa shape index (κ2) is 6.72. The van der Waals surface area contributed by atoms with E-state index in [1.165, 1.54) is 24.8 Å². The fourth-order valence-electron chi connectivity index (χ4n) is 3.16. The van der Waals surface area contributed by atoms with Crippen molar-refractivity contribution in [3.05, 3.63) is 59.9 Å². The molecule has 0 atom stereocenters. The standard InChI is InChI=1S/C18H22N2O/c21-14-17-6-9-19-13-18(17)20-10-7-16(8-11-20)12-15-4-2-1-3-5-15/h1-6,9,13,16,21H,7-8,10-12,14H2. The molecule has 21 heavy (non-hydrogen) atoms. The van der Waals surface area contributed by atoms with E-state index in [1.807, 2.05) is 12.3 Å². The maximum atomic E-state index is 9.44. The number of pyridine rings is 1. The zero-order chi connectivity index (χ0) is 14.5. The Morgan fingerprint density at radius 1 is 1.10 bits per heavy atom. The lowest BCUT2D eigenvalue weighted by atomic mass is 9.90. The fourth-order valence-corrected chi connectivity index (χ4v) is 3.16. The first-order chi connectivity index (χ1) is 10.4. The molecular formula is C18H22N2O. The number of piperidine rings is 1. The predicted molar refractivity (Wildman–Crippen MR) is 85.2 cm³/mol. The Morgan fingerprint density at radius 3 is 2.57 bits per heavy atom. The van der Waals surface area contributed by atoms with Crippen molar-refractivity contribution in [2.75, 3.05) is 18.0 Å². The highest BCUT2D eigenvalue weighted by molar-refractivity contribution is 5.51. The summed E-state index contributed by atoms with van der Waals surface area (Å²) in [6, 6.07) is 12.7. The van der Waals surface area contributed by atoms with Crippen LogP contribution >= 0.6 is 0 Å². The van der Waals surface area contributed by atoms with Gasteiger partial charge in [0, 0.05) is 24.8 Å². The number of aliphatic hydroxyl groups excluding tert-OH is 1. The van der Waals surface area contributed by atoms with Gasteiger partial charge in [0.25, 0.3) is 0 Å². The van der Waals surface area contributed by atoms with Gasteiger partial charge in [0.2, 0.25) is 0 Å². The molecule has 0 aliphatic carbocycles. The Bertz CT molecular complexity index is 562. The lowest BCUT2D eigenvalue weighted by Gasteiger charge is -2.34. The number of hydrogen-bond acceptors (Lipinski definition) is 3. The van der Waals surface area contributed by atoms with Gasteiger partial charge in [-0.15, -0.1) is 0 Å². The van der Waals surface area contributed by atoms with Gasteiger partial charge in [0.05, 0.1) is 18.5 Å². The third kappa shape index (κ3) is 3.42. The summed E-state index contributed by atoms with van der Waals surface area (Å²) in [5, 5.41) is 9.44. The molecule has 110 valence electrons. The van der Waals surface area contributed by atoms with Gasteiger partial charge < -0.3 is 10.0 Å². The fraction of sp³-hybridized carbons (Fsp3) is 0.389. The van der Waals surface area contributed by atoms with E-state index in [2.05, 4.69) is 40.2 Å². The summed E-state index contributed by atoms with van der Waals surface area (Å²) in [5.41, 5.74) is 3.51. The first-order valence-electron chi connectivity index (χ1n) is 7.69. The minimum atomic E-state index is 0.0851. The van der Waals surface area contributed by atoms with Crippen molar-refractivity contribution in [2.45, 2.75) is 25.9 Å².